The van der Waals surface area contributed by atoms with Crippen molar-refractivity contribution in [2.24, 2.45) is 0 Å². The van der Waals surface area contributed by atoms with E-state index in [2.05, 4.69) is 20.9 Å². The summed E-state index contributed by atoms with van der Waals surface area (Å²) >= 11 is 9.08. The van der Waals surface area contributed by atoms with E-state index in [0.29, 0.717) is 20.4 Å². The molecule has 0 aliphatic heterocycles. The largest absolute Gasteiger partial charge is 0.236 e. The average Bonchev–Trinajstić information content (AvgIpc) is 2.19. The van der Waals surface area contributed by atoms with Crippen molar-refractivity contribution in [3.05, 3.63) is 39.2 Å². The van der Waals surface area contributed by atoms with Gasteiger partial charge in [0.05, 0.1) is 10.5 Å². The highest BCUT2D eigenvalue weighted by Gasteiger charge is 2.08. The minimum Gasteiger partial charge on any atom is -0.236 e. The number of nitrogens with zero attached hydrogens (tertiary/aromatic N) is 2. The molecule has 5 heteroatoms. The van der Waals surface area contributed by atoms with Gasteiger partial charge in [0.15, 0.2) is 0 Å². The molecule has 0 saturated heterocycles. The van der Waals surface area contributed by atoms with Crippen LogP contribution in [0.3, 0.4) is 0 Å². The molecule has 0 unspecified atom stereocenters. The van der Waals surface area contributed by atoms with Gasteiger partial charge in [0.1, 0.15) is 17.6 Å². The summed E-state index contributed by atoms with van der Waals surface area (Å²) < 4.78 is 13.6. The number of hydrogen-bond acceptors (Lipinski definition) is 2. The first kappa shape index (κ1) is 10.3. The summed E-state index contributed by atoms with van der Waals surface area (Å²) in [5.74, 6) is -0.400. The van der Waals surface area contributed by atoms with E-state index in [4.69, 9.17) is 16.9 Å². The Labute approximate surface area is 98.4 Å². The molecule has 0 amide bonds. The number of halogens is 3. The SMILES string of the molecule is N#Cc1cc(Cl)c2cc(F)cc(Br)c2n1. The van der Waals surface area contributed by atoms with Crippen molar-refractivity contribution in [3.63, 3.8) is 0 Å². The van der Waals surface area contributed by atoms with E-state index in [9.17, 15) is 4.39 Å². The summed E-state index contributed by atoms with van der Waals surface area (Å²) in [6.45, 7) is 0. The Morgan fingerprint density at radius 1 is 1.40 bits per heavy atom. The molecule has 74 valence electrons. The van der Waals surface area contributed by atoms with Gasteiger partial charge in [0.25, 0.3) is 0 Å². The first-order chi connectivity index (χ1) is 7.11. The Kier molecular flexibility index (Phi) is 2.59. The summed E-state index contributed by atoms with van der Waals surface area (Å²) in [5, 5.41) is 9.51. The lowest BCUT2D eigenvalue weighted by atomic mass is 10.2. The molecule has 1 heterocycles. The fourth-order valence-electron chi connectivity index (χ4n) is 1.27. The van der Waals surface area contributed by atoms with Gasteiger partial charge < -0.3 is 0 Å². The molecule has 2 nitrogen and oxygen atoms in total. The molecule has 0 bridgehead atoms. The van der Waals surface area contributed by atoms with Gasteiger partial charge in [-0.15, -0.1) is 0 Å². The second-order valence-electron chi connectivity index (χ2n) is 2.88. The van der Waals surface area contributed by atoms with Crippen LogP contribution >= 0.6 is 27.5 Å². The van der Waals surface area contributed by atoms with Crippen molar-refractivity contribution in [2.45, 2.75) is 0 Å². The van der Waals surface area contributed by atoms with Gasteiger partial charge in [0.2, 0.25) is 0 Å². The quantitative estimate of drug-likeness (QED) is 0.740. The Bertz CT molecular complexity index is 592. The van der Waals surface area contributed by atoms with Crippen molar-refractivity contribution < 1.29 is 4.39 Å². The third kappa shape index (κ3) is 1.81. The molecule has 0 aliphatic carbocycles. The second kappa shape index (κ2) is 3.76. The third-order valence-electron chi connectivity index (χ3n) is 1.90. The molecule has 0 spiro atoms. The van der Waals surface area contributed by atoms with Gasteiger partial charge in [-0.05, 0) is 34.1 Å². The normalized spacial score (nSPS) is 10.3. The predicted octanol–water partition coefficient (Wildman–Crippen LogP) is 3.66. The van der Waals surface area contributed by atoms with Crippen LogP contribution in [0.1, 0.15) is 5.69 Å². The molecule has 0 aliphatic rings. The van der Waals surface area contributed by atoms with Gasteiger partial charge in [-0.1, -0.05) is 11.6 Å². The highest BCUT2D eigenvalue weighted by Crippen LogP contribution is 2.29. The monoisotopic (exact) mass is 284 g/mol. The Balaban J connectivity index is 2.93. The summed E-state index contributed by atoms with van der Waals surface area (Å²) in [7, 11) is 0. The van der Waals surface area contributed by atoms with Crippen LogP contribution in [-0.4, -0.2) is 4.98 Å². The zero-order valence-electron chi connectivity index (χ0n) is 7.26. The van der Waals surface area contributed by atoms with Gasteiger partial charge in [-0.3, -0.25) is 0 Å². The molecule has 2 aromatic rings. The number of rotatable bonds is 0. The van der Waals surface area contributed by atoms with Crippen molar-refractivity contribution in [2.75, 3.05) is 0 Å². The maximum absolute atomic E-state index is 13.1. The lowest BCUT2D eigenvalue weighted by molar-refractivity contribution is 0.629. The number of aromatic nitrogens is 1. The molecule has 1 aromatic carbocycles. The predicted molar refractivity (Wildman–Crippen MR) is 59.1 cm³/mol. The maximum Gasteiger partial charge on any atom is 0.142 e. The molecule has 0 saturated carbocycles. The van der Waals surface area contributed by atoms with Crippen LogP contribution < -0.4 is 0 Å². The van der Waals surface area contributed by atoms with Crippen LogP contribution in [0.25, 0.3) is 10.9 Å². The van der Waals surface area contributed by atoms with E-state index in [1.165, 1.54) is 18.2 Å². The highest BCUT2D eigenvalue weighted by atomic mass is 79.9. The smallest absolute Gasteiger partial charge is 0.142 e. The van der Waals surface area contributed by atoms with Crippen molar-refractivity contribution in [1.82, 2.24) is 4.98 Å². The maximum atomic E-state index is 13.1. The highest BCUT2D eigenvalue weighted by molar-refractivity contribution is 9.10. The fourth-order valence-corrected chi connectivity index (χ4v) is 2.04. The van der Waals surface area contributed by atoms with E-state index in [1.54, 1.807) is 0 Å². The van der Waals surface area contributed by atoms with Crippen molar-refractivity contribution in [1.29, 1.82) is 5.26 Å². The fraction of sp³-hybridized carbons (Fsp3) is 0. The average molecular weight is 286 g/mol. The van der Waals surface area contributed by atoms with E-state index in [-0.39, 0.29) is 5.69 Å². The standard InChI is InChI=1S/C10H3BrClFN2/c11-8-2-5(13)1-7-9(12)3-6(4-14)15-10(7)8/h1-3H. The van der Waals surface area contributed by atoms with Crippen molar-refractivity contribution in [3.8, 4) is 6.07 Å². The lowest BCUT2D eigenvalue weighted by Crippen LogP contribution is -1.88. The number of nitriles is 1. The zero-order valence-corrected chi connectivity index (χ0v) is 9.60. The van der Waals surface area contributed by atoms with Crippen LogP contribution in [0.2, 0.25) is 5.02 Å². The number of pyridine rings is 1. The van der Waals surface area contributed by atoms with E-state index >= 15 is 0 Å². The molecular weight excluding hydrogens is 282 g/mol. The molecular formula is C10H3BrClFN2. The number of fused-ring (bicyclic) bond motifs is 1. The second-order valence-corrected chi connectivity index (χ2v) is 4.15. The number of benzene rings is 1. The summed E-state index contributed by atoms with van der Waals surface area (Å²) in [4.78, 5) is 4.04. The van der Waals surface area contributed by atoms with E-state index in [0.717, 1.165) is 0 Å². The Morgan fingerprint density at radius 3 is 2.80 bits per heavy atom. The molecule has 2 rings (SSSR count). The van der Waals surface area contributed by atoms with Crippen LogP contribution in [0.5, 0.6) is 0 Å². The zero-order chi connectivity index (χ0) is 11.0. The van der Waals surface area contributed by atoms with Crippen LogP contribution in [0.15, 0.2) is 22.7 Å². The van der Waals surface area contributed by atoms with Gasteiger partial charge >= 0.3 is 0 Å². The molecule has 0 N–H and O–H groups in total. The van der Waals surface area contributed by atoms with E-state index in [1.807, 2.05) is 6.07 Å². The molecule has 0 radical (unpaired) electrons. The number of hydrogen-bond donors (Lipinski definition) is 0. The molecule has 0 atom stereocenters. The van der Waals surface area contributed by atoms with Crippen LogP contribution in [-0.2, 0) is 0 Å². The molecule has 15 heavy (non-hydrogen) atoms. The Morgan fingerprint density at radius 2 is 2.13 bits per heavy atom. The minimum absolute atomic E-state index is 0.208. The lowest BCUT2D eigenvalue weighted by Gasteiger charge is -2.03. The minimum atomic E-state index is -0.400. The topological polar surface area (TPSA) is 36.7 Å². The summed E-state index contributed by atoms with van der Waals surface area (Å²) in [6.07, 6.45) is 0. The Hall–Kier alpha value is -1.18. The summed E-state index contributed by atoms with van der Waals surface area (Å²) in [6, 6.07) is 5.88. The third-order valence-corrected chi connectivity index (χ3v) is 2.81. The summed E-state index contributed by atoms with van der Waals surface area (Å²) in [5.41, 5.74) is 0.695. The van der Waals surface area contributed by atoms with Gasteiger partial charge in [-0.25, -0.2) is 9.37 Å². The van der Waals surface area contributed by atoms with Crippen LogP contribution in [0, 0.1) is 17.1 Å². The van der Waals surface area contributed by atoms with Gasteiger partial charge in [-0.2, -0.15) is 5.26 Å². The van der Waals surface area contributed by atoms with E-state index < -0.39 is 5.82 Å². The molecule has 0 fully saturated rings. The molecule has 1 aromatic heterocycles. The first-order valence-electron chi connectivity index (χ1n) is 3.97. The van der Waals surface area contributed by atoms with Crippen molar-refractivity contribution >= 4 is 38.4 Å². The van der Waals surface area contributed by atoms with Gasteiger partial charge in [0, 0.05) is 9.86 Å². The first-order valence-corrected chi connectivity index (χ1v) is 5.14. The van der Waals surface area contributed by atoms with Crippen LogP contribution in [0.4, 0.5) is 4.39 Å².